The fraction of sp³-hybridized carbons (Fsp3) is 0.200. The highest BCUT2D eigenvalue weighted by atomic mass is 16.6. The maximum absolute atomic E-state index is 12.2. The number of ether oxygens (including phenoxy) is 3. The second-order valence-corrected chi connectivity index (χ2v) is 7.41. The van der Waals surface area contributed by atoms with E-state index in [0.29, 0.717) is 41.6 Å². The van der Waals surface area contributed by atoms with Crippen molar-refractivity contribution in [1.29, 1.82) is 0 Å². The minimum Gasteiger partial charge on any atom is -0.493 e. The van der Waals surface area contributed by atoms with E-state index < -0.39 is 6.09 Å². The van der Waals surface area contributed by atoms with Crippen LogP contribution in [-0.2, 0) is 11.2 Å². The molecule has 2 heterocycles. The van der Waals surface area contributed by atoms with Gasteiger partial charge in [-0.3, -0.25) is 9.78 Å². The number of nitrogens with zero attached hydrogens (tertiary/aromatic N) is 3. The zero-order valence-corrected chi connectivity index (χ0v) is 18.9. The minimum atomic E-state index is -0.497. The van der Waals surface area contributed by atoms with Crippen molar-refractivity contribution in [3.63, 3.8) is 0 Å². The molecule has 174 valence electrons. The SMILES string of the molecule is COc1ccc(C2=NN(CCc3ccc(NC(=O)c4ccccn4)cc3)C(=O)OC2)cc1OC. The third kappa shape index (κ3) is 5.32. The number of aromatic nitrogens is 1. The van der Waals surface area contributed by atoms with E-state index in [1.54, 1.807) is 50.7 Å². The van der Waals surface area contributed by atoms with Gasteiger partial charge in [0.15, 0.2) is 11.5 Å². The van der Waals surface area contributed by atoms with Gasteiger partial charge in [0.25, 0.3) is 5.91 Å². The van der Waals surface area contributed by atoms with E-state index in [1.165, 1.54) is 5.01 Å². The number of amides is 2. The van der Waals surface area contributed by atoms with Crippen LogP contribution in [0.15, 0.2) is 72.0 Å². The third-order valence-electron chi connectivity index (χ3n) is 5.22. The lowest BCUT2D eigenvalue weighted by Gasteiger charge is -2.24. The van der Waals surface area contributed by atoms with Gasteiger partial charge < -0.3 is 19.5 Å². The molecule has 0 atom stereocenters. The van der Waals surface area contributed by atoms with Gasteiger partial charge in [0.2, 0.25) is 0 Å². The number of benzene rings is 2. The zero-order chi connectivity index (χ0) is 23.9. The molecule has 9 heteroatoms. The van der Waals surface area contributed by atoms with Gasteiger partial charge >= 0.3 is 6.09 Å². The number of methoxy groups -OCH3 is 2. The van der Waals surface area contributed by atoms with Gasteiger partial charge in [0, 0.05) is 17.4 Å². The average Bonchev–Trinajstić information content (AvgIpc) is 2.89. The van der Waals surface area contributed by atoms with Gasteiger partial charge in [-0.15, -0.1) is 0 Å². The first kappa shape index (κ1) is 22.8. The Morgan fingerprint density at radius 2 is 1.85 bits per heavy atom. The predicted molar refractivity (Wildman–Crippen MR) is 126 cm³/mol. The highest BCUT2D eigenvalue weighted by Gasteiger charge is 2.23. The molecule has 0 radical (unpaired) electrons. The Labute approximate surface area is 197 Å². The molecular weight excluding hydrogens is 436 g/mol. The lowest BCUT2D eigenvalue weighted by Crippen LogP contribution is -2.36. The van der Waals surface area contributed by atoms with Crippen LogP contribution in [0.5, 0.6) is 11.5 Å². The molecule has 0 fully saturated rings. The van der Waals surface area contributed by atoms with E-state index in [9.17, 15) is 9.59 Å². The van der Waals surface area contributed by atoms with E-state index in [4.69, 9.17) is 14.2 Å². The molecule has 0 spiro atoms. The standard InChI is InChI=1S/C25H24N4O5/c1-32-22-11-8-18(15-23(22)33-2)21-16-34-25(31)29(28-21)14-12-17-6-9-19(10-7-17)27-24(30)20-5-3-4-13-26-20/h3-11,13,15H,12,14,16H2,1-2H3,(H,27,30). The lowest BCUT2D eigenvalue weighted by molar-refractivity contribution is 0.102. The molecule has 0 aliphatic carbocycles. The van der Waals surface area contributed by atoms with Gasteiger partial charge in [-0.2, -0.15) is 10.1 Å². The van der Waals surface area contributed by atoms with E-state index >= 15 is 0 Å². The van der Waals surface area contributed by atoms with Crippen molar-refractivity contribution in [3.05, 3.63) is 83.7 Å². The van der Waals surface area contributed by atoms with Crippen molar-refractivity contribution in [2.75, 3.05) is 32.7 Å². The molecule has 1 N–H and O–H groups in total. The number of cyclic esters (lactones) is 1. The Hall–Kier alpha value is -4.40. The minimum absolute atomic E-state index is 0.0789. The van der Waals surface area contributed by atoms with Crippen LogP contribution in [0, 0.1) is 0 Å². The smallest absolute Gasteiger partial charge is 0.430 e. The van der Waals surface area contributed by atoms with Crippen LogP contribution >= 0.6 is 0 Å². The maximum atomic E-state index is 12.2. The normalized spacial score (nSPS) is 13.1. The number of hydrogen-bond donors (Lipinski definition) is 1. The van der Waals surface area contributed by atoms with Gasteiger partial charge in [-0.25, -0.2) is 4.79 Å². The fourth-order valence-corrected chi connectivity index (χ4v) is 3.40. The monoisotopic (exact) mass is 460 g/mol. The maximum Gasteiger partial charge on any atom is 0.430 e. The highest BCUT2D eigenvalue weighted by Crippen LogP contribution is 2.28. The summed E-state index contributed by atoms with van der Waals surface area (Å²) >= 11 is 0. The molecule has 0 saturated carbocycles. The van der Waals surface area contributed by atoms with E-state index in [0.717, 1.165) is 11.1 Å². The highest BCUT2D eigenvalue weighted by molar-refractivity contribution is 6.04. The number of carbonyl (C=O) groups excluding carboxylic acids is 2. The lowest BCUT2D eigenvalue weighted by atomic mass is 10.1. The molecule has 0 saturated heterocycles. The summed E-state index contributed by atoms with van der Waals surface area (Å²) in [4.78, 5) is 28.5. The van der Waals surface area contributed by atoms with E-state index in [1.807, 2.05) is 30.3 Å². The summed E-state index contributed by atoms with van der Waals surface area (Å²) in [6, 6.07) is 18.0. The zero-order valence-electron chi connectivity index (χ0n) is 18.9. The molecular formula is C25H24N4O5. The van der Waals surface area contributed by atoms with Crippen molar-refractivity contribution < 1.29 is 23.8 Å². The number of carbonyl (C=O) groups is 2. The van der Waals surface area contributed by atoms with Gasteiger partial charge in [0.05, 0.1) is 20.8 Å². The molecule has 1 aliphatic rings. The Kier molecular flexibility index (Phi) is 7.02. The van der Waals surface area contributed by atoms with Crippen LogP contribution in [0.25, 0.3) is 0 Å². The third-order valence-corrected chi connectivity index (χ3v) is 5.22. The number of anilines is 1. The molecule has 2 amide bonds. The molecule has 9 nitrogen and oxygen atoms in total. The molecule has 0 bridgehead atoms. The fourth-order valence-electron chi connectivity index (χ4n) is 3.40. The van der Waals surface area contributed by atoms with Gasteiger partial charge in [0.1, 0.15) is 18.0 Å². The summed E-state index contributed by atoms with van der Waals surface area (Å²) in [5.41, 5.74) is 3.39. The quantitative estimate of drug-likeness (QED) is 0.549. The van der Waals surface area contributed by atoms with Crippen molar-refractivity contribution >= 4 is 23.4 Å². The first-order valence-corrected chi connectivity index (χ1v) is 10.6. The first-order chi connectivity index (χ1) is 16.6. The Morgan fingerprint density at radius 1 is 1.06 bits per heavy atom. The summed E-state index contributed by atoms with van der Waals surface area (Å²) in [6.45, 7) is 0.421. The van der Waals surface area contributed by atoms with Gasteiger partial charge in [-0.05, 0) is 54.4 Å². The Morgan fingerprint density at radius 3 is 2.56 bits per heavy atom. The van der Waals surface area contributed by atoms with Crippen LogP contribution < -0.4 is 14.8 Å². The summed E-state index contributed by atoms with van der Waals surface area (Å²) in [5.74, 6) is 0.902. The first-order valence-electron chi connectivity index (χ1n) is 10.6. The van der Waals surface area contributed by atoms with Crippen LogP contribution in [0.1, 0.15) is 21.6 Å². The molecule has 1 aromatic heterocycles. The largest absolute Gasteiger partial charge is 0.493 e. The predicted octanol–water partition coefficient (Wildman–Crippen LogP) is 3.75. The second kappa shape index (κ2) is 10.5. The van der Waals surface area contributed by atoms with Crippen LogP contribution in [0.3, 0.4) is 0 Å². The average molecular weight is 460 g/mol. The van der Waals surface area contributed by atoms with Crippen molar-refractivity contribution in [3.8, 4) is 11.5 Å². The summed E-state index contributed by atoms with van der Waals surface area (Å²) in [6.07, 6.45) is 1.64. The van der Waals surface area contributed by atoms with Crippen LogP contribution in [0.2, 0.25) is 0 Å². The van der Waals surface area contributed by atoms with E-state index in [2.05, 4.69) is 15.4 Å². The second-order valence-electron chi connectivity index (χ2n) is 7.41. The Bertz CT molecular complexity index is 1200. The molecule has 34 heavy (non-hydrogen) atoms. The van der Waals surface area contributed by atoms with E-state index in [-0.39, 0.29) is 12.5 Å². The number of nitrogens with one attached hydrogen (secondary N) is 1. The number of hydrogen-bond acceptors (Lipinski definition) is 7. The molecule has 2 aromatic carbocycles. The number of hydrazone groups is 1. The van der Waals surface area contributed by atoms with Gasteiger partial charge in [-0.1, -0.05) is 18.2 Å². The van der Waals surface area contributed by atoms with Crippen molar-refractivity contribution in [2.24, 2.45) is 5.10 Å². The number of pyridine rings is 1. The van der Waals surface area contributed by atoms with Crippen LogP contribution in [0.4, 0.5) is 10.5 Å². The Balaban J connectivity index is 1.39. The van der Waals surface area contributed by atoms with Crippen molar-refractivity contribution in [1.82, 2.24) is 9.99 Å². The van der Waals surface area contributed by atoms with Crippen LogP contribution in [-0.4, -0.2) is 55.1 Å². The molecule has 4 rings (SSSR count). The molecule has 3 aromatic rings. The molecule has 0 unspecified atom stereocenters. The summed E-state index contributed by atoms with van der Waals surface area (Å²) in [5, 5.41) is 8.61. The van der Waals surface area contributed by atoms with Crippen molar-refractivity contribution in [2.45, 2.75) is 6.42 Å². The topological polar surface area (TPSA) is 102 Å². The molecule has 1 aliphatic heterocycles. The number of rotatable bonds is 8. The summed E-state index contributed by atoms with van der Waals surface area (Å²) in [7, 11) is 3.13. The summed E-state index contributed by atoms with van der Waals surface area (Å²) < 4.78 is 15.9.